The van der Waals surface area contributed by atoms with E-state index >= 15 is 0 Å². The largest absolute Gasteiger partial charge is 0.497 e. The first-order valence-electron chi connectivity index (χ1n) is 6.92. The number of nitrogens with one attached hydrogen (secondary N) is 1. The Morgan fingerprint density at radius 1 is 1.12 bits per heavy atom. The van der Waals surface area contributed by atoms with Gasteiger partial charge < -0.3 is 9.47 Å². The maximum absolute atomic E-state index is 12.8. The average molecular weight is 368 g/mol. The van der Waals surface area contributed by atoms with E-state index in [1.807, 2.05) is 0 Å². The molecule has 24 heavy (non-hydrogen) atoms. The number of aromatic nitrogens is 3. The van der Waals surface area contributed by atoms with Crippen LogP contribution < -0.4 is 14.2 Å². The number of sulfonamides is 1. The Kier molecular flexibility index (Phi) is 4.10. The highest BCUT2D eigenvalue weighted by Gasteiger charge is 2.25. The molecule has 0 bridgehead atoms. The molecule has 2 heterocycles. The van der Waals surface area contributed by atoms with Gasteiger partial charge in [-0.1, -0.05) is 11.3 Å². The fraction of sp³-hybridized carbons (Fsp3) is 0.286. The van der Waals surface area contributed by atoms with Crippen LogP contribution in [0.5, 0.6) is 11.5 Å². The second-order valence-electron chi connectivity index (χ2n) is 5.02. The van der Waals surface area contributed by atoms with Gasteiger partial charge in [0, 0.05) is 18.2 Å². The number of hydrogen-bond donors (Lipinski definition) is 1. The van der Waals surface area contributed by atoms with Gasteiger partial charge in [0.2, 0.25) is 9.99 Å². The molecule has 0 saturated heterocycles. The number of fused-ring (bicyclic) bond motifs is 1. The van der Waals surface area contributed by atoms with Gasteiger partial charge in [-0.15, -0.1) is 0 Å². The molecule has 0 aliphatic carbocycles. The lowest BCUT2D eigenvalue weighted by Gasteiger charge is -2.11. The van der Waals surface area contributed by atoms with Crippen molar-refractivity contribution < 1.29 is 17.9 Å². The second-order valence-corrected chi connectivity index (χ2v) is 7.78. The van der Waals surface area contributed by atoms with Crippen molar-refractivity contribution in [1.29, 1.82) is 0 Å². The van der Waals surface area contributed by atoms with Crippen LogP contribution in [0.25, 0.3) is 4.96 Å². The second kappa shape index (κ2) is 5.95. The Balaban J connectivity index is 2.06. The summed E-state index contributed by atoms with van der Waals surface area (Å²) in [5.41, 5.74) is 0.712. The van der Waals surface area contributed by atoms with Crippen molar-refractivity contribution in [2.75, 3.05) is 18.9 Å². The maximum atomic E-state index is 12.8. The van der Waals surface area contributed by atoms with Gasteiger partial charge in [0.1, 0.15) is 16.5 Å². The summed E-state index contributed by atoms with van der Waals surface area (Å²) in [5, 5.41) is 4.96. The van der Waals surface area contributed by atoms with Crippen LogP contribution in [-0.2, 0) is 10.0 Å². The summed E-state index contributed by atoms with van der Waals surface area (Å²) in [6.07, 6.45) is 0. The Morgan fingerprint density at radius 3 is 2.33 bits per heavy atom. The average Bonchev–Trinajstić information content (AvgIpc) is 3.00. The Labute approximate surface area is 143 Å². The third-order valence-electron chi connectivity index (χ3n) is 3.28. The molecule has 3 rings (SSSR count). The van der Waals surface area contributed by atoms with Gasteiger partial charge in [-0.2, -0.15) is 18.0 Å². The molecule has 0 fully saturated rings. The zero-order valence-electron chi connectivity index (χ0n) is 13.5. The number of methoxy groups -OCH3 is 2. The lowest BCUT2D eigenvalue weighted by atomic mass is 10.3. The molecule has 128 valence electrons. The first-order chi connectivity index (χ1) is 11.3. The maximum Gasteiger partial charge on any atom is 0.281 e. The summed E-state index contributed by atoms with van der Waals surface area (Å²) >= 11 is 1.33. The van der Waals surface area contributed by atoms with E-state index in [0.29, 0.717) is 27.8 Å². The van der Waals surface area contributed by atoms with Crippen molar-refractivity contribution in [2.45, 2.75) is 18.9 Å². The van der Waals surface area contributed by atoms with Gasteiger partial charge in [0.05, 0.1) is 25.6 Å². The lowest BCUT2D eigenvalue weighted by Crippen LogP contribution is -2.16. The highest BCUT2D eigenvalue weighted by molar-refractivity contribution is 7.92. The van der Waals surface area contributed by atoms with Crippen molar-refractivity contribution in [1.82, 2.24) is 14.6 Å². The molecule has 2 aromatic heterocycles. The number of nitrogens with zero attached hydrogens (tertiary/aromatic N) is 3. The van der Waals surface area contributed by atoms with Crippen LogP contribution in [0, 0.1) is 13.8 Å². The third kappa shape index (κ3) is 2.89. The molecule has 0 radical (unpaired) electrons. The smallest absolute Gasteiger partial charge is 0.281 e. The van der Waals surface area contributed by atoms with Crippen LogP contribution in [0.15, 0.2) is 23.2 Å². The van der Waals surface area contributed by atoms with Crippen molar-refractivity contribution >= 4 is 32.0 Å². The molecule has 0 atom stereocenters. The van der Waals surface area contributed by atoms with Crippen LogP contribution in [0.1, 0.15) is 10.7 Å². The molecular weight excluding hydrogens is 352 g/mol. The molecule has 0 spiro atoms. The Bertz CT molecular complexity index is 985. The topological polar surface area (TPSA) is 94.8 Å². The molecule has 10 heteroatoms. The lowest BCUT2D eigenvalue weighted by molar-refractivity contribution is 0.395. The molecule has 0 aliphatic heterocycles. The number of aryl methyl sites for hydroxylation is 2. The summed E-state index contributed by atoms with van der Waals surface area (Å²) in [6.45, 7) is 3.43. The minimum atomic E-state index is -3.88. The first-order valence-corrected chi connectivity index (χ1v) is 9.22. The van der Waals surface area contributed by atoms with Crippen molar-refractivity contribution in [3.63, 3.8) is 0 Å². The van der Waals surface area contributed by atoms with E-state index in [9.17, 15) is 8.42 Å². The number of hydrogen-bond acceptors (Lipinski definition) is 7. The molecular formula is C14H16N4O4S2. The highest BCUT2D eigenvalue weighted by Crippen LogP contribution is 2.29. The van der Waals surface area contributed by atoms with E-state index in [1.54, 1.807) is 32.0 Å². The molecule has 0 amide bonds. The molecule has 3 aromatic rings. The molecule has 1 N–H and O–H groups in total. The van der Waals surface area contributed by atoms with Gasteiger partial charge in [-0.05, 0) is 13.8 Å². The van der Waals surface area contributed by atoms with Gasteiger partial charge in [0.15, 0.2) is 0 Å². The van der Waals surface area contributed by atoms with Crippen molar-refractivity contribution in [2.24, 2.45) is 0 Å². The van der Waals surface area contributed by atoms with Crippen LogP contribution in [0.2, 0.25) is 0 Å². The van der Waals surface area contributed by atoms with Gasteiger partial charge >= 0.3 is 0 Å². The number of ether oxygens (including phenoxy) is 2. The van der Waals surface area contributed by atoms with Crippen molar-refractivity contribution in [3.05, 3.63) is 28.9 Å². The summed E-state index contributed by atoms with van der Waals surface area (Å²) in [5.74, 6) is 0.957. The molecule has 0 saturated carbocycles. The normalized spacial score (nSPS) is 11.7. The fourth-order valence-electron chi connectivity index (χ4n) is 2.30. The highest BCUT2D eigenvalue weighted by atomic mass is 32.2. The van der Waals surface area contributed by atoms with Gasteiger partial charge in [-0.3, -0.25) is 4.72 Å². The third-order valence-corrected chi connectivity index (χ3v) is 5.59. The standard InChI is InChI=1S/C14H16N4O4S2/c1-8-13(18-14(15-8)23-9(2)16-18)24(19,20)17-10-5-11(21-3)7-12(6-10)22-4/h5-7,17H,1-4H3. The quantitative estimate of drug-likeness (QED) is 0.742. The summed E-state index contributed by atoms with van der Waals surface area (Å²) < 4.78 is 39.8. The molecule has 0 unspecified atom stereocenters. The van der Waals surface area contributed by atoms with Crippen molar-refractivity contribution in [3.8, 4) is 11.5 Å². The monoisotopic (exact) mass is 368 g/mol. The van der Waals surface area contributed by atoms with E-state index in [4.69, 9.17) is 9.47 Å². The van der Waals surface area contributed by atoms with E-state index in [-0.39, 0.29) is 5.03 Å². The zero-order chi connectivity index (χ0) is 17.5. The number of anilines is 1. The zero-order valence-corrected chi connectivity index (χ0v) is 15.2. The summed E-state index contributed by atoms with van der Waals surface area (Å²) in [4.78, 5) is 4.80. The van der Waals surface area contributed by atoms with Gasteiger partial charge in [0.25, 0.3) is 10.0 Å². The van der Waals surface area contributed by atoms with Crippen LogP contribution >= 0.6 is 11.3 Å². The summed E-state index contributed by atoms with van der Waals surface area (Å²) in [7, 11) is -0.889. The first kappa shape index (κ1) is 16.5. The van der Waals surface area contributed by atoms with Crippen LogP contribution in [-0.4, -0.2) is 37.2 Å². The Hall–Kier alpha value is -2.33. The Morgan fingerprint density at radius 2 is 1.75 bits per heavy atom. The predicted octanol–water partition coefficient (Wildman–Crippen LogP) is 2.23. The minimum absolute atomic E-state index is 0.0173. The van der Waals surface area contributed by atoms with E-state index in [2.05, 4.69) is 14.8 Å². The summed E-state index contributed by atoms with van der Waals surface area (Å²) in [6, 6.07) is 4.80. The number of imidazole rings is 1. The van der Waals surface area contributed by atoms with Gasteiger partial charge in [-0.25, -0.2) is 4.98 Å². The van der Waals surface area contributed by atoms with E-state index in [1.165, 1.54) is 30.1 Å². The van der Waals surface area contributed by atoms with Crippen LogP contribution in [0.4, 0.5) is 5.69 Å². The number of rotatable bonds is 5. The van der Waals surface area contributed by atoms with E-state index in [0.717, 1.165) is 5.01 Å². The predicted molar refractivity (Wildman–Crippen MR) is 90.7 cm³/mol. The van der Waals surface area contributed by atoms with Crippen LogP contribution in [0.3, 0.4) is 0 Å². The number of benzene rings is 1. The molecule has 1 aromatic carbocycles. The minimum Gasteiger partial charge on any atom is -0.497 e. The molecule has 0 aliphatic rings. The SMILES string of the molecule is COc1cc(NS(=O)(=O)c2c(C)nc3sc(C)nn23)cc(OC)c1. The fourth-order valence-corrected chi connectivity index (χ4v) is 4.46. The molecule has 8 nitrogen and oxygen atoms in total. The van der Waals surface area contributed by atoms with E-state index < -0.39 is 10.0 Å².